The Morgan fingerprint density at radius 2 is 1.86 bits per heavy atom. The maximum Gasteiger partial charge on any atom is 0.337 e. The lowest BCUT2D eigenvalue weighted by atomic mass is 10.1. The van der Waals surface area contributed by atoms with Crippen molar-refractivity contribution in [3.63, 3.8) is 0 Å². The Hall–Kier alpha value is -3.94. The Morgan fingerprint density at radius 1 is 1.11 bits per heavy atom. The fourth-order valence-electron chi connectivity index (χ4n) is 3.41. The number of benzene rings is 2. The molecule has 0 saturated carbocycles. The largest absolute Gasteiger partial charge is 0.478 e. The topological polar surface area (TPSA) is 147 Å². The number of anilines is 2. The Balaban J connectivity index is 1.67. The molecule has 10 nitrogen and oxygen atoms in total. The van der Waals surface area contributed by atoms with Crippen LogP contribution in [0.1, 0.15) is 10.4 Å². The van der Waals surface area contributed by atoms with Crippen molar-refractivity contribution in [3.8, 4) is 5.69 Å². The predicted octanol–water partition coefficient (Wildman–Crippen LogP) is 4.10. The average Bonchev–Trinajstić information content (AvgIpc) is 3.26. The molecule has 0 fully saturated rings. The molecule has 0 spiro atoms. The molecule has 4 aromatic rings. The normalized spacial score (nSPS) is 11.3. The molecule has 0 aliphatic carbocycles. The number of pyridine rings is 1. The molecule has 4 rings (SSSR count). The van der Waals surface area contributed by atoms with Gasteiger partial charge in [0.25, 0.3) is 15.6 Å². The molecule has 4 N–H and O–H groups in total. The highest BCUT2D eigenvalue weighted by atomic mass is 35.5. The number of hydrogen-bond acceptors (Lipinski definition) is 7. The number of carbonyl (C=O) groups is 2. The number of nitrogens with zero attached hydrogens (tertiary/aromatic N) is 1. The van der Waals surface area contributed by atoms with Crippen LogP contribution in [0.25, 0.3) is 16.5 Å². The molecule has 0 radical (unpaired) electrons. The Labute approximate surface area is 212 Å². The number of carbonyl (C=O) groups excluding carboxylic acids is 1. The third-order valence-corrected chi connectivity index (χ3v) is 8.10. The van der Waals surface area contributed by atoms with Crippen molar-refractivity contribution in [1.29, 1.82) is 0 Å². The monoisotopic (exact) mass is 550 g/mol. The highest BCUT2D eigenvalue weighted by Gasteiger charge is 2.21. The van der Waals surface area contributed by atoms with Crippen molar-refractivity contribution >= 4 is 67.1 Å². The van der Waals surface area contributed by atoms with Crippen molar-refractivity contribution in [2.45, 2.75) is 4.21 Å². The van der Waals surface area contributed by atoms with Crippen LogP contribution >= 0.6 is 22.9 Å². The van der Waals surface area contributed by atoms with Crippen LogP contribution < -0.4 is 20.9 Å². The van der Waals surface area contributed by atoms with Gasteiger partial charge >= 0.3 is 12.0 Å². The van der Waals surface area contributed by atoms with Gasteiger partial charge in [-0.3, -0.25) is 9.36 Å². The molecule has 0 atom stereocenters. The minimum absolute atomic E-state index is 0.0332. The van der Waals surface area contributed by atoms with Crippen molar-refractivity contribution in [1.82, 2.24) is 9.29 Å². The number of fused-ring (bicyclic) bond motifs is 1. The molecule has 14 heteroatoms. The summed E-state index contributed by atoms with van der Waals surface area (Å²) in [5, 5.41) is 15.1. The number of halogens is 2. The number of sulfonamides is 1. The third-order valence-electron chi connectivity index (χ3n) is 5.05. The fourth-order valence-corrected chi connectivity index (χ4v) is 5.80. The minimum atomic E-state index is -4.20. The molecular formula is C22H16ClFN4O6S2. The van der Waals surface area contributed by atoms with Gasteiger partial charge < -0.3 is 15.7 Å². The number of rotatable bonds is 6. The Morgan fingerprint density at radius 3 is 2.50 bits per heavy atom. The molecular weight excluding hydrogens is 535 g/mol. The summed E-state index contributed by atoms with van der Waals surface area (Å²) in [7, 11) is -2.66. The van der Waals surface area contributed by atoms with E-state index in [2.05, 4.69) is 10.6 Å². The van der Waals surface area contributed by atoms with E-state index in [1.807, 2.05) is 0 Å². The summed E-state index contributed by atoms with van der Waals surface area (Å²) in [6.45, 7) is 0. The molecule has 2 heterocycles. The predicted molar refractivity (Wildman–Crippen MR) is 135 cm³/mol. The molecule has 0 bridgehead atoms. The van der Waals surface area contributed by atoms with Crippen molar-refractivity contribution in [2.75, 3.05) is 17.7 Å². The lowest BCUT2D eigenvalue weighted by molar-refractivity contribution is 0.0697. The van der Waals surface area contributed by atoms with Crippen LogP contribution in [-0.4, -0.2) is 37.1 Å². The second-order valence-electron chi connectivity index (χ2n) is 7.32. The molecule has 0 unspecified atom stereocenters. The zero-order valence-corrected chi connectivity index (χ0v) is 20.6. The highest BCUT2D eigenvalue weighted by Crippen LogP contribution is 2.26. The Bertz CT molecular complexity index is 1700. The van der Waals surface area contributed by atoms with Gasteiger partial charge in [0.1, 0.15) is 10.0 Å². The smallest absolute Gasteiger partial charge is 0.337 e. The van der Waals surface area contributed by atoms with Gasteiger partial charge in [-0.1, -0.05) is 11.6 Å². The average molecular weight is 551 g/mol. The zero-order valence-electron chi connectivity index (χ0n) is 18.2. The van der Waals surface area contributed by atoms with E-state index in [9.17, 15) is 32.3 Å². The first kappa shape index (κ1) is 25.2. The van der Waals surface area contributed by atoms with E-state index in [0.29, 0.717) is 5.39 Å². The number of nitrogens with one attached hydrogen (secondary N) is 3. The van der Waals surface area contributed by atoms with Gasteiger partial charge in [-0.05, 0) is 53.9 Å². The van der Waals surface area contributed by atoms with Crippen LogP contribution in [0.5, 0.6) is 0 Å². The summed E-state index contributed by atoms with van der Waals surface area (Å²) in [5.74, 6) is -2.07. The van der Waals surface area contributed by atoms with E-state index in [0.717, 1.165) is 28.0 Å². The number of aromatic carboxylic acids is 1. The molecule has 36 heavy (non-hydrogen) atoms. The molecule has 2 aromatic carbocycles. The minimum Gasteiger partial charge on any atom is -0.478 e. The summed E-state index contributed by atoms with van der Waals surface area (Å²) < 4.78 is 41.7. The summed E-state index contributed by atoms with van der Waals surface area (Å²) in [6.07, 6.45) is 1.35. The summed E-state index contributed by atoms with van der Waals surface area (Å²) >= 11 is 6.49. The fraction of sp³-hybridized carbons (Fsp3) is 0.0455. The first-order valence-corrected chi connectivity index (χ1v) is 12.7. The lowest BCUT2D eigenvalue weighted by Crippen LogP contribution is -2.34. The second-order valence-corrected chi connectivity index (χ2v) is 10.9. The number of amides is 2. The zero-order chi connectivity index (χ0) is 26.2. The second kappa shape index (κ2) is 9.60. The van der Waals surface area contributed by atoms with E-state index in [-0.39, 0.29) is 36.6 Å². The van der Waals surface area contributed by atoms with E-state index in [4.69, 9.17) is 11.6 Å². The maximum atomic E-state index is 14.2. The van der Waals surface area contributed by atoms with E-state index in [1.54, 1.807) is 4.72 Å². The SMILES string of the molecule is CNc1cc2ccn(-c3ccc(NC(=O)NS(=O)(=O)c4ccc(Cl)s4)cc3C(=O)O)c(=O)c2cc1F. The molecule has 0 aliphatic heterocycles. The number of carboxylic acids is 1. The highest BCUT2D eigenvalue weighted by molar-refractivity contribution is 7.92. The van der Waals surface area contributed by atoms with Gasteiger partial charge in [0.05, 0.1) is 26.7 Å². The molecule has 0 saturated heterocycles. The van der Waals surface area contributed by atoms with Gasteiger partial charge in [-0.25, -0.2) is 27.1 Å². The summed E-state index contributed by atoms with van der Waals surface area (Å²) in [5.41, 5.74) is -0.917. The van der Waals surface area contributed by atoms with Crippen LogP contribution in [0.4, 0.5) is 20.6 Å². The van der Waals surface area contributed by atoms with Gasteiger partial charge in [0, 0.05) is 18.9 Å². The van der Waals surface area contributed by atoms with Crippen LogP contribution in [0.2, 0.25) is 4.34 Å². The van der Waals surface area contributed by atoms with Gasteiger partial charge in [0.15, 0.2) is 0 Å². The van der Waals surface area contributed by atoms with Gasteiger partial charge in [-0.2, -0.15) is 0 Å². The quantitative estimate of drug-likeness (QED) is 0.283. The van der Waals surface area contributed by atoms with Crippen LogP contribution in [0, 0.1) is 5.82 Å². The van der Waals surface area contributed by atoms with Crippen molar-refractivity contribution < 1.29 is 27.5 Å². The summed E-state index contributed by atoms with van der Waals surface area (Å²) in [4.78, 5) is 37.2. The van der Waals surface area contributed by atoms with E-state index in [1.165, 1.54) is 49.6 Å². The molecule has 2 amide bonds. The maximum absolute atomic E-state index is 14.2. The number of carboxylic acid groups (broad SMARTS) is 1. The van der Waals surface area contributed by atoms with Gasteiger partial charge in [0.2, 0.25) is 0 Å². The summed E-state index contributed by atoms with van der Waals surface area (Å²) in [6, 6.07) is 9.11. The van der Waals surface area contributed by atoms with E-state index >= 15 is 0 Å². The van der Waals surface area contributed by atoms with Gasteiger partial charge in [-0.15, -0.1) is 11.3 Å². The molecule has 0 aliphatic rings. The Kier molecular flexibility index (Phi) is 6.71. The first-order valence-electron chi connectivity index (χ1n) is 9.99. The van der Waals surface area contributed by atoms with E-state index < -0.39 is 33.4 Å². The lowest BCUT2D eigenvalue weighted by Gasteiger charge is -2.13. The van der Waals surface area contributed by atoms with Crippen molar-refractivity contribution in [2.24, 2.45) is 0 Å². The number of thiophene rings is 1. The number of hydrogen-bond donors (Lipinski definition) is 4. The van der Waals surface area contributed by atoms with Crippen molar-refractivity contribution in [3.05, 3.63) is 80.8 Å². The van der Waals surface area contributed by atoms with Crippen LogP contribution in [0.3, 0.4) is 0 Å². The van der Waals surface area contributed by atoms with Crippen LogP contribution in [-0.2, 0) is 10.0 Å². The number of urea groups is 1. The molecule has 2 aromatic heterocycles. The van der Waals surface area contributed by atoms with Crippen LogP contribution in [0.15, 0.2) is 63.7 Å². The standard InChI is InChI=1S/C22H16ClFN4O6S2/c1-25-16-8-11-6-7-28(20(29)13(11)10-15(16)24)17-3-2-12(9-14(17)21(30)31)26-22(32)27-36(33,34)19-5-4-18(23)35-19/h2-10,25H,1H3,(H,30,31)(H2,26,27,32). The third kappa shape index (κ3) is 4.89. The first-order chi connectivity index (χ1) is 17.0. The molecule has 186 valence electrons. The number of aromatic nitrogens is 1.